The summed E-state index contributed by atoms with van der Waals surface area (Å²) in [7, 11) is 1.62. The maximum Gasteiger partial charge on any atom is 0.313 e. The normalized spacial score (nSPS) is 20.3. The van der Waals surface area contributed by atoms with Gasteiger partial charge in [-0.25, -0.2) is 0 Å². The summed E-state index contributed by atoms with van der Waals surface area (Å²) in [6.45, 7) is 2.34. The highest BCUT2D eigenvalue weighted by atomic mass is 16.5. The number of carbonyl (C=O) groups excluding carboxylic acids is 1. The fraction of sp³-hybridized carbons (Fsp3) is 0.391. The number of ether oxygens (including phenoxy) is 1. The summed E-state index contributed by atoms with van der Waals surface area (Å²) >= 11 is 0. The Hall–Kier alpha value is -2.82. The van der Waals surface area contributed by atoms with Crippen LogP contribution in [0, 0.1) is 6.92 Å². The molecule has 1 aliphatic carbocycles. The summed E-state index contributed by atoms with van der Waals surface area (Å²) in [4.78, 5) is 27.7. The van der Waals surface area contributed by atoms with Gasteiger partial charge in [-0.3, -0.25) is 9.59 Å². The van der Waals surface area contributed by atoms with E-state index in [0.29, 0.717) is 17.7 Å². The van der Waals surface area contributed by atoms with Crippen molar-refractivity contribution in [3.63, 3.8) is 0 Å². The Balaban J connectivity index is 1.82. The van der Waals surface area contributed by atoms with Crippen LogP contribution in [0.5, 0.6) is 5.75 Å². The second kappa shape index (κ2) is 6.97. The van der Waals surface area contributed by atoms with Gasteiger partial charge in [-0.15, -0.1) is 0 Å². The second-order valence-corrected chi connectivity index (χ2v) is 7.91. The Morgan fingerprint density at radius 2 is 1.86 bits per heavy atom. The molecule has 1 aliphatic heterocycles. The summed E-state index contributed by atoms with van der Waals surface area (Å²) in [6.07, 6.45) is 3.33. The van der Waals surface area contributed by atoms with Crippen molar-refractivity contribution < 1.29 is 19.4 Å². The molecule has 2 aromatic carbocycles. The minimum atomic E-state index is -0.846. The molecule has 1 heterocycles. The summed E-state index contributed by atoms with van der Waals surface area (Å²) in [6, 6.07) is 13.2. The van der Waals surface area contributed by atoms with Gasteiger partial charge in [-0.05, 0) is 49.1 Å². The first-order chi connectivity index (χ1) is 13.5. The highest BCUT2D eigenvalue weighted by Gasteiger charge is 2.55. The zero-order valence-corrected chi connectivity index (χ0v) is 16.3. The zero-order chi connectivity index (χ0) is 19.9. The van der Waals surface area contributed by atoms with Crippen molar-refractivity contribution in [1.82, 2.24) is 4.90 Å². The summed E-state index contributed by atoms with van der Waals surface area (Å²) in [5.74, 6) is -0.847. The first-order valence-corrected chi connectivity index (χ1v) is 9.74. The van der Waals surface area contributed by atoms with Crippen LogP contribution in [0.25, 0.3) is 0 Å². The van der Waals surface area contributed by atoms with Crippen LogP contribution in [-0.4, -0.2) is 34.5 Å². The molecule has 1 spiro atoms. The van der Waals surface area contributed by atoms with Gasteiger partial charge in [0, 0.05) is 12.1 Å². The molecular formula is C23H25NO4. The van der Waals surface area contributed by atoms with Crippen molar-refractivity contribution in [1.29, 1.82) is 0 Å². The average molecular weight is 379 g/mol. The van der Waals surface area contributed by atoms with Gasteiger partial charge in [0.1, 0.15) is 11.7 Å². The standard InChI is InChI=1S/C23H25NO4/c1-15-5-10-18-19(13-15)20(22(26)27)23(11-3-4-12-23)24(21(18)25)14-16-6-8-17(28-2)9-7-16/h5-10,13,20H,3-4,11-12,14H2,1-2H3,(H,26,27). The predicted octanol–water partition coefficient (Wildman–Crippen LogP) is 4.14. The topological polar surface area (TPSA) is 66.8 Å². The van der Waals surface area contributed by atoms with Gasteiger partial charge in [-0.1, -0.05) is 42.7 Å². The third-order valence-corrected chi connectivity index (χ3v) is 6.28. The third kappa shape index (κ3) is 2.86. The monoisotopic (exact) mass is 379 g/mol. The maximum absolute atomic E-state index is 13.5. The van der Waals surface area contributed by atoms with E-state index in [1.54, 1.807) is 13.2 Å². The third-order valence-electron chi connectivity index (χ3n) is 6.28. The molecule has 4 rings (SSSR count). The van der Waals surface area contributed by atoms with Crippen molar-refractivity contribution in [3.05, 3.63) is 64.7 Å². The van der Waals surface area contributed by atoms with Crippen LogP contribution in [0.2, 0.25) is 0 Å². The lowest BCUT2D eigenvalue weighted by molar-refractivity contribution is -0.143. The Kier molecular flexibility index (Phi) is 4.61. The molecular weight excluding hydrogens is 354 g/mol. The minimum Gasteiger partial charge on any atom is -0.497 e. The number of amides is 1. The number of carboxylic acid groups (broad SMARTS) is 1. The zero-order valence-electron chi connectivity index (χ0n) is 16.3. The van der Waals surface area contributed by atoms with Crippen molar-refractivity contribution in [3.8, 4) is 5.75 Å². The summed E-state index contributed by atoms with van der Waals surface area (Å²) in [5, 5.41) is 10.2. The number of nitrogens with zero attached hydrogens (tertiary/aromatic N) is 1. The molecule has 0 aromatic heterocycles. The molecule has 0 saturated heterocycles. The fourth-order valence-electron chi connectivity index (χ4n) is 4.96. The maximum atomic E-state index is 13.5. The van der Waals surface area contributed by atoms with E-state index in [-0.39, 0.29) is 5.91 Å². The van der Waals surface area contributed by atoms with Gasteiger partial charge in [0.15, 0.2) is 0 Å². The molecule has 1 unspecified atom stereocenters. The molecule has 0 radical (unpaired) electrons. The Labute approximate surface area is 164 Å². The number of benzene rings is 2. The number of fused-ring (bicyclic) bond motifs is 1. The number of rotatable bonds is 4. The van der Waals surface area contributed by atoms with Gasteiger partial charge in [0.05, 0.1) is 12.6 Å². The van der Waals surface area contributed by atoms with Gasteiger partial charge in [-0.2, -0.15) is 0 Å². The first-order valence-electron chi connectivity index (χ1n) is 9.74. The Morgan fingerprint density at radius 3 is 2.46 bits per heavy atom. The smallest absolute Gasteiger partial charge is 0.313 e. The summed E-state index contributed by atoms with van der Waals surface area (Å²) in [5.41, 5.74) is 2.48. The van der Waals surface area contributed by atoms with Crippen molar-refractivity contribution >= 4 is 11.9 Å². The van der Waals surface area contributed by atoms with Gasteiger partial charge < -0.3 is 14.7 Å². The molecule has 1 fully saturated rings. The number of hydrogen-bond acceptors (Lipinski definition) is 3. The number of carbonyl (C=O) groups is 2. The van der Waals surface area contributed by atoms with Crippen molar-refractivity contribution in [2.24, 2.45) is 0 Å². The van der Waals surface area contributed by atoms with E-state index in [4.69, 9.17) is 4.74 Å². The van der Waals surface area contributed by atoms with E-state index < -0.39 is 17.4 Å². The van der Waals surface area contributed by atoms with E-state index in [1.165, 1.54) is 0 Å². The Bertz CT molecular complexity index is 913. The molecule has 2 aliphatic rings. The molecule has 1 amide bonds. The van der Waals surface area contributed by atoms with Crippen LogP contribution in [0.15, 0.2) is 42.5 Å². The van der Waals surface area contributed by atoms with E-state index >= 15 is 0 Å². The largest absolute Gasteiger partial charge is 0.497 e. The van der Waals surface area contributed by atoms with E-state index in [1.807, 2.05) is 48.2 Å². The van der Waals surface area contributed by atoms with E-state index in [0.717, 1.165) is 42.6 Å². The van der Waals surface area contributed by atoms with E-state index in [9.17, 15) is 14.7 Å². The van der Waals surface area contributed by atoms with Crippen LogP contribution in [0.1, 0.15) is 58.6 Å². The molecule has 1 atom stereocenters. The number of aryl methyl sites for hydroxylation is 1. The van der Waals surface area contributed by atoms with Gasteiger partial charge in [0.25, 0.3) is 5.91 Å². The number of hydrogen-bond donors (Lipinski definition) is 1. The van der Waals surface area contributed by atoms with Crippen LogP contribution in [0.4, 0.5) is 0 Å². The highest BCUT2D eigenvalue weighted by Crippen LogP contribution is 2.51. The average Bonchev–Trinajstić information content (AvgIpc) is 3.15. The SMILES string of the molecule is COc1ccc(CN2C(=O)c3ccc(C)cc3C(C(=O)O)C23CCCC3)cc1. The number of aliphatic carboxylic acids is 1. The minimum absolute atomic E-state index is 0.0646. The second-order valence-electron chi connectivity index (χ2n) is 7.91. The van der Waals surface area contributed by atoms with Crippen LogP contribution >= 0.6 is 0 Å². The van der Waals surface area contributed by atoms with Crippen LogP contribution in [0.3, 0.4) is 0 Å². The highest BCUT2D eigenvalue weighted by molar-refractivity contribution is 6.01. The van der Waals surface area contributed by atoms with Crippen LogP contribution in [-0.2, 0) is 11.3 Å². The molecule has 5 nitrogen and oxygen atoms in total. The molecule has 1 saturated carbocycles. The molecule has 28 heavy (non-hydrogen) atoms. The lowest BCUT2D eigenvalue weighted by Gasteiger charge is -2.49. The lowest BCUT2D eigenvalue weighted by Crippen LogP contribution is -2.58. The number of methoxy groups -OCH3 is 1. The number of carboxylic acids is 1. The lowest BCUT2D eigenvalue weighted by atomic mass is 9.71. The van der Waals surface area contributed by atoms with Crippen molar-refractivity contribution in [2.75, 3.05) is 7.11 Å². The van der Waals surface area contributed by atoms with E-state index in [2.05, 4.69) is 0 Å². The molecule has 1 N–H and O–H groups in total. The van der Waals surface area contributed by atoms with Gasteiger partial charge in [0.2, 0.25) is 0 Å². The molecule has 146 valence electrons. The summed E-state index contributed by atoms with van der Waals surface area (Å²) < 4.78 is 5.22. The molecule has 2 aromatic rings. The van der Waals surface area contributed by atoms with Crippen molar-refractivity contribution in [2.45, 2.75) is 50.6 Å². The molecule has 5 heteroatoms. The fourth-order valence-corrected chi connectivity index (χ4v) is 4.96. The van der Waals surface area contributed by atoms with Crippen LogP contribution < -0.4 is 4.74 Å². The molecule has 0 bridgehead atoms. The predicted molar refractivity (Wildman–Crippen MR) is 106 cm³/mol. The Morgan fingerprint density at radius 1 is 1.18 bits per heavy atom. The van der Waals surface area contributed by atoms with Gasteiger partial charge >= 0.3 is 5.97 Å². The quantitative estimate of drug-likeness (QED) is 0.867. The first kappa shape index (κ1) is 18.5.